The van der Waals surface area contributed by atoms with Crippen molar-refractivity contribution in [3.05, 3.63) is 22.9 Å². The van der Waals surface area contributed by atoms with Crippen LogP contribution in [0.3, 0.4) is 0 Å². The van der Waals surface area contributed by atoms with E-state index in [0.717, 1.165) is 37.6 Å². The van der Waals surface area contributed by atoms with Gasteiger partial charge in [-0.3, -0.25) is 0 Å². The van der Waals surface area contributed by atoms with E-state index < -0.39 is 0 Å². The summed E-state index contributed by atoms with van der Waals surface area (Å²) in [6.45, 7) is 7.83. The summed E-state index contributed by atoms with van der Waals surface area (Å²) < 4.78 is 5.74. The van der Waals surface area contributed by atoms with Gasteiger partial charge in [0.1, 0.15) is 0 Å². The van der Waals surface area contributed by atoms with E-state index in [0.29, 0.717) is 0 Å². The van der Waals surface area contributed by atoms with Crippen molar-refractivity contribution >= 4 is 0 Å². The first-order valence-corrected chi connectivity index (χ1v) is 5.93. The summed E-state index contributed by atoms with van der Waals surface area (Å²) in [5.74, 6) is 0.792. The lowest BCUT2D eigenvalue weighted by molar-refractivity contribution is 0.293. The van der Waals surface area contributed by atoms with Gasteiger partial charge in [0.15, 0.2) is 0 Å². The summed E-state index contributed by atoms with van der Waals surface area (Å²) >= 11 is 0. The van der Waals surface area contributed by atoms with Gasteiger partial charge in [0, 0.05) is 17.8 Å². The summed E-state index contributed by atoms with van der Waals surface area (Å²) in [4.78, 5) is 4.46. The molecule has 1 aromatic rings. The van der Waals surface area contributed by atoms with Crippen molar-refractivity contribution in [3.8, 4) is 5.88 Å². The first kappa shape index (κ1) is 13.0. The number of hydrogen-bond acceptors (Lipinski definition) is 3. The van der Waals surface area contributed by atoms with E-state index in [1.165, 1.54) is 11.1 Å². The molecule has 3 heteroatoms. The summed E-state index contributed by atoms with van der Waals surface area (Å²) in [7, 11) is 1.94. The molecular formula is C13H22N2O. The Hall–Kier alpha value is -1.09. The molecule has 0 radical (unpaired) electrons. The number of aromatic nitrogens is 1. The van der Waals surface area contributed by atoms with Crippen LogP contribution in [0.1, 0.15) is 36.6 Å². The van der Waals surface area contributed by atoms with Crippen molar-refractivity contribution in [2.75, 3.05) is 13.7 Å². The molecule has 1 N–H and O–H groups in total. The van der Waals surface area contributed by atoms with Crippen LogP contribution < -0.4 is 10.1 Å². The molecule has 0 aliphatic heterocycles. The second-order valence-electron chi connectivity index (χ2n) is 4.10. The quantitative estimate of drug-likeness (QED) is 0.751. The Morgan fingerprint density at radius 1 is 1.38 bits per heavy atom. The van der Waals surface area contributed by atoms with E-state index in [4.69, 9.17) is 4.74 Å². The monoisotopic (exact) mass is 222 g/mol. The van der Waals surface area contributed by atoms with Crippen LogP contribution in [0.5, 0.6) is 5.88 Å². The molecular weight excluding hydrogens is 200 g/mol. The first-order chi connectivity index (χ1) is 7.69. The number of aryl methyl sites for hydroxylation is 2. The zero-order valence-electron chi connectivity index (χ0n) is 10.8. The summed E-state index contributed by atoms with van der Waals surface area (Å²) in [5.41, 5.74) is 3.43. The largest absolute Gasteiger partial charge is 0.477 e. The lowest BCUT2D eigenvalue weighted by Gasteiger charge is -2.13. The van der Waals surface area contributed by atoms with Gasteiger partial charge in [0.2, 0.25) is 5.88 Å². The molecule has 16 heavy (non-hydrogen) atoms. The highest BCUT2D eigenvalue weighted by Crippen LogP contribution is 2.21. The average Bonchev–Trinajstić information content (AvgIpc) is 2.23. The molecule has 1 rings (SSSR count). The maximum absolute atomic E-state index is 5.74. The van der Waals surface area contributed by atoms with Crippen LogP contribution in [0.4, 0.5) is 0 Å². The highest BCUT2D eigenvalue weighted by Gasteiger charge is 2.09. The van der Waals surface area contributed by atoms with Crippen molar-refractivity contribution in [1.82, 2.24) is 10.3 Å². The van der Waals surface area contributed by atoms with E-state index in [9.17, 15) is 0 Å². The second kappa shape index (κ2) is 6.48. The normalized spacial score (nSPS) is 10.5. The zero-order valence-corrected chi connectivity index (χ0v) is 10.8. The predicted octanol–water partition coefficient (Wildman–Crippen LogP) is 2.60. The first-order valence-electron chi connectivity index (χ1n) is 5.93. The fourth-order valence-corrected chi connectivity index (χ4v) is 1.65. The van der Waals surface area contributed by atoms with Gasteiger partial charge in [-0.2, -0.15) is 0 Å². The number of nitrogens with zero attached hydrogens (tertiary/aromatic N) is 1. The number of rotatable bonds is 6. The van der Waals surface area contributed by atoms with Crippen LogP contribution in [-0.2, 0) is 6.54 Å². The van der Waals surface area contributed by atoms with Crippen LogP contribution in [-0.4, -0.2) is 18.6 Å². The van der Waals surface area contributed by atoms with Crippen LogP contribution in [0, 0.1) is 13.8 Å². The third kappa shape index (κ3) is 3.49. The molecule has 1 aromatic heterocycles. The zero-order chi connectivity index (χ0) is 12.0. The second-order valence-corrected chi connectivity index (χ2v) is 4.10. The fourth-order valence-electron chi connectivity index (χ4n) is 1.65. The molecule has 90 valence electrons. The Labute approximate surface area is 98.2 Å². The Morgan fingerprint density at radius 3 is 2.75 bits per heavy atom. The van der Waals surface area contributed by atoms with Gasteiger partial charge in [0.25, 0.3) is 0 Å². The molecule has 0 amide bonds. The predicted molar refractivity (Wildman–Crippen MR) is 66.9 cm³/mol. The van der Waals surface area contributed by atoms with E-state index in [2.05, 4.69) is 30.2 Å². The third-order valence-electron chi connectivity index (χ3n) is 2.53. The summed E-state index contributed by atoms with van der Waals surface area (Å²) in [6, 6.07) is 2.10. The average molecular weight is 222 g/mol. The number of hydrogen-bond donors (Lipinski definition) is 1. The SMILES string of the molecule is CCCCOc1nc(C)cc(C)c1CNC. The van der Waals surface area contributed by atoms with Crippen molar-refractivity contribution in [2.45, 2.75) is 40.2 Å². The lowest BCUT2D eigenvalue weighted by atomic mass is 10.1. The number of unbranched alkanes of at least 4 members (excludes halogenated alkanes) is 1. The molecule has 0 aromatic carbocycles. The Bertz CT molecular complexity index is 337. The lowest BCUT2D eigenvalue weighted by Crippen LogP contribution is -2.11. The van der Waals surface area contributed by atoms with Crippen LogP contribution >= 0.6 is 0 Å². The molecule has 0 atom stereocenters. The van der Waals surface area contributed by atoms with Crippen molar-refractivity contribution in [3.63, 3.8) is 0 Å². The smallest absolute Gasteiger partial charge is 0.218 e. The summed E-state index contributed by atoms with van der Waals surface area (Å²) in [6.07, 6.45) is 2.22. The highest BCUT2D eigenvalue weighted by atomic mass is 16.5. The van der Waals surface area contributed by atoms with Gasteiger partial charge in [0.05, 0.1) is 6.61 Å². The van der Waals surface area contributed by atoms with Crippen molar-refractivity contribution in [1.29, 1.82) is 0 Å². The molecule has 3 nitrogen and oxygen atoms in total. The standard InChI is InChI=1S/C13H22N2O/c1-5-6-7-16-13-12(9-14-4)10(2)8-11(3)15-13/h8,14H,5-7,9H2,1-4H3. The molecule has 0 unspecified atom stereocenters. The summed E-state index contributed by atoms with van der Waals surface area (Å²) in [5, 5.41) is 3.16. The molecule has 0 saturated carbocycles. The molecule has 0 aliphatic carbocycles. The minimum absolute atomic E-state index is 0.753. The van der Waals surface area contributed by atoms with Crippen LogP contribution in [0.2, 0.25) is 0 Å². The molecule has 0 fully saturated rings. The molecule has 0 bridgehead atoms. The molecule has 0 spiro atoms. The van der Waals surface area contributed by atoms with Crippen molar-refractivity contribution in [2.24, 2.45) is 0 Å². The van der Waals surface area contributed by atoms with E-state index in [-0.39, 0.29) is 0 Å². The molecule has 0 saturated heterocycles. The topological polar surface area (TPSA) is 34.1 Å². The Morgan fingerprint density at radius 2 is 2.12 bits per heavy atom. The highest BCUT2D eigenvalue weighted by molar-refractivity contribution is 5.35. The minimum atomic E-state index is 0.753. The molecule has 1 heterocycles. The Kier molecular flexibility index (Phi) is 5.26. The van der Waals surface area contributed by atoms with E-state index in [1.807, 2.05) is 14.0 Å². The fraction of sp³-hybridized carbons (Fsp3) is 0.615. The third-order valence-corrected chi connectivity index (χ3v) is 2.53. The van der Waals surface area contributed by atoms with Gasteiger partial charge >= 0.3 is 0 Å². The van der Waals surface area contributed by atoms with Gasteiger partial charge < -0.3 is 10.1 Å². The molecule has 0 aliphatic rings. The maximum Gasteiger partial charge on any atom is 0.218 e. The van der Waals surface area contributed by atoms with Gasteiger partial charge in [-0.15, -0.1) is 0 Å². The van der Waals surface area contributed by atoms with Crippen LogP contribution in [0.15, 0.2) is 6.07 Å². The van der Waals surface area contributed by atoms with Gasteiger partial charge in [-0.1, -0.05) is 13.3 Å². The number of ether oxygens (including phenoxy) is 1. The van der Waals surface area contributed by atoms with E-state index >= 15 is 0 Å². The van der Waals surface area contributed by atoms with Gasteiger partial charge in [-0.05, 0) is 38.9 Å². The number of pyridine rings is 1. The van der Waals surface area contributed by atoms with E-state index in [1.54, 1.807) is 0 Å². The van der Waals surface area contributed by atoms with Gasteiger partial charge in [-0.25, -0.2) is 4.98 Å². The van der Waals surface area contributed by atoms with Crippen molar-refractivity contribution < 1.29 is 4.74 Å². The van der Waals surface area contributed by atoms with Crippen LogP contribution in [0.25, 0.3) is 0 Å². The minimum Gasteiger partial charge on any atom is -0.477 e. The Balaban J connectivity index is 2.85. The maximum atomic E-state index is 5.74. The number of nitrogens with one attached hydrogen (secondary N) is 1.